The van der Waals surface area contributed by atoms with Crippen molar-refractivity contribution in [2.24, 2.45) is 0 Å². The second-order valence-corrected chi connectivity index (χ2v) is 21.7. The van der Waals surface area contributed by atoms with Crippen molar-refractivity contribution in [1.29, 1.82) is 0 Å². The van der Waals surface area contributed by atoms with Crippen LogP contribution in [-0.4, -0.2) is 0 Å². The van der Waals surface area contributed by atoms with Crippen molar-refractivity contribution in [2.45, 2.75) is 96.3 Å². The van der Waals surface area contributed by atoms with Crippen LogP contribution in [0, 0.1) is 0 Å². The van der Waals surface area contributed by atoms with Gasteiger partial charge in [0.05, 0.1) is 17.1 Å². The first-order valence-electron chi connectivity index (χ1n) is 22.8. The summed E-state index contributed by atoms with van der Waals surface area (Å²) in [6.45, 7) is 24.4. The summed E-state index contributed by atoms with van der Waals surface area (Å²) in [5.41, 5.74) is 28.2. The lowest BCUT2D eigenvalue weighted by molar-refractivity contribution is 0.612. The third kappa shape index (κ3) is 4.17. The van der Waals surface area contributed by atoms with Crippen LogP contribution in [0.3, 0.4) is 0 Å². The predicted molar refractivity (Wildman–Crippen MR) is 261 cm³/mol. The maximum atomic E-state index is 2.69. The number of rotatable bonds is 1. The highest BCUT2D eigenvalue weighted by atomic mass is 15.2. The van der Waals surface area contributed by atoms with E-state index in [9.17, 15) is 0 Å². The zero-order valence-corrected chi connectivity index (χ0v) is 37.7. The van der Waals surface area contributed by atoms with Crippen molar-refractivity contribution >= 4 is 27.8 Å². The van der Waals surface area contributed by atoms with Crippen molar-refractivity contribution in [2.75, 3.05) is 4.90 Å². The fourth-order valence-corrected chi connectivity index (χ4v) is 13.3. The molecule has 1 nitrogen and oxygen atoms in total. The molecule has 0 saturated carbocycles. The van der Waals surface area contributed by atoms with Gasteiger partial charge in [0.1, 0.15) is 0 Å². The molecular formula is C61H53N. The minimum absolute atomic E-state index is 0.0709. The maximum absolute atomic E-state index is 2.69. The SMILES string of the molecule is CC1(C)c2ccccc2-c2cc3c(cc21)-c1c(cc(N2c4cc5c(cc4C(C)(C)c4cc6c(cc42)-c2ccccc2C6(C)C)C(C)(C)c2ccccc2-5)c2ccccc12)C3(C)C. The van der Waals surface area contributed by atoms with Crippen LogP contribution in [-0.2, 0) is 27.1 Å². The summed E-state index contributed by atoms with van der Waals surface area (Å²) in [4.78, 5) is 2.69. The topological polar surface area (TPSA) is 3.24 Å². The maximum Gasteiger partial charge on any atom is 0.0543 e. The molecule has 0 saturated heterocycles. The van der Waals surface area contributed by atoms with Gasteiger partial charge in [-0.1, -0.05) is 178 Å². The molecular weight excluding hydrogens is 747 g/mol. The Morgan fingerprint density at radius 2 is 0.613 bits per heavy atom. The van der Waals surface area contributed by atoms with Crippen LogP contribution in [0.15, 0.2) is 140 Å². The third-order valence-corrected chi connectivity index (χ3v) is 16.8. The summed E-state index contributed by atoms with van der Waals surface area (Å²) < 4.78 is 0. The van der Waals surface area contributed by atoms with Crippen molar-refractivity contribution < 1.29 is 0 Å². The number of benzene rings is 8. The molecule has 302 valence electrons. The minimum Gasteiger partial charge on any atom is -0.309 e. The Kier molecular flexibility index (Phi) is 6.62. The summed E-state index contributed by atoms with van der Waals surface area (Å²) in [5.74, 6) is 0. The van der Waals surface area contributed by atoms with E-state index >= 15 is 0 Å². The average molecular weight is 800 g/mol. The van der Waals surface area contributed by atoms with E-state index in [0.717, 1.165) is 0 Å². The summed E-state index contributed by atoms with van der Waals surface area (Å²) in [7, 11) is 0. The molecule has 5 aliphatic rings. The molecule has 13 rings (SSSR count). The normalized spacial score (nSPS) is 18.5. The highest BCUT2D eigenvalue weighted by molar-refractivity contribution is 6.12. The lowest BCUT2D eigenvalue weighted by atomic mass is 9.69. The van der Waals surface area contributed by atoms with E-state index in [1.807, 2.05) is 0 Å². The van der Waals surface area contributed by atoms with Crippen LogP contribution in [0.2, 0.25) is 0 Å². The summed E-state index contributed by atoms with van der Waals surface area (Å²) in [6, 6.07) is 54.7. The largest absolute Gasteiger partial charge is 0.309 e. The van der Waals surface area contributed by atoms with Gasteiger partial charge in [-0.15, -0.1) is 0 Å². The van der Waals surface area contributed by atoms with E-state index in [4.69, 9.17) is 0 Å². The van der Waals surface area contributed by atoms with E-state index in [1.54, 1.807) is 0 Å². The Labute approximate surface area is 367 Å². The van der Waals surface area contributed by atoms with Crippen LogP contribution in [0.4, 0.5) is 17.1 Å². The average Bonchev–Trinajstić information content (AvgIpc) is 3.82. The van der Waals surface area contributed by atoms with E-state index < -0.39 is 0 Å². The fourth-order valence-electron chi connectivity index (χ4n) is 13.3. The zero-order valence-electron chi connectivity index (χ0n) is 37.7. The zero-order chi connectivity index (χ0) is 42.6. The molecule has 0 spiro atoms. The number of fused-ring (bicyclic) bond motifs is 16. The molecule has 0 atom stereocenters. The first-order chi connectivity index (χ1) is 29.5. The lowest BCUT2D eigenvalue weighted by Crippen LogP contribution is -2.32. The second-order valence-electron chi connectivity index (χ2n) is 21.7. The van der Waals surface area contributed by atoms with Gasteiger partial charge in [0, 0.05) is 32.5 Å². The van der Waals surface area contributed by atoms with Crippen molar-refractivity contribution in [1.82, 2.24) is 0 Å². The fraction of sp³-hybridized carbons (Fsp3) is 0.246. The molecule has 0 radical (unpaired) electrons. The monoisotopic (exact) mass is 799 g/mol. The van der Waals surface area contributed by atoms with E-state index in [2.05, 4.69) is 214 Å². The Hall–Kier alpha value is -6.18. The molecule has 0 N–H and O–H groups in total. The highest BCUT2D eigenvalue weighted by Gasteiger charge is 2.47. The van der Waals surface area contributed by atoms with Gasteiger partial charge in [0.15, 0.2) is 0 Å². The molecule has 4 aliphatic carbocycles. The van der Waals surface area contributed by atoms with Gasteiger partial charge in [-0.3, -0.25) is 0 Å². The van der Waals surface area contributed by atoms with Crippen LogP contribution in [0.5, 0.6) is 0 Å². The molecule has 0 amide bonds. The summed E-state index contributed by atoms with van der Waals surface area (Å²) in [5, 5.41) is 2.62. The Morgan fingerprint density at radius 3 is 1.11 bits per heavy atom. The number of hydrogen-bond acceptors (Lipinski definition) is 1. The van der Waals surface area contributed by atoms with Crippen molar-refractivity contribution in [3.8, 4) is 44.5 Å². The molecule has 8 aromatic rings. The van der Waals surface area contributed by atoms with E-state index in [0.29, 0.717) is 0 Å². The molecule has 8 aromatic carbocycles. The molecule has 1 heteroatoms. The van der Waals surface area contributed by atoms with Crippen LogP contribution in [0.25, 0.3) is 55.3 Å². The lowest BCUT2D eigenvalue weighted by Gasteiger charge is -2.44. The number of anilines is 3. The first kappa shape index (κ1) is 36.5. The van der Waals surface area contributed by atoms with Gasteiger partial charge >= 0.3 is 0 Å². The Balaban J connectivity index is 1.13. The van der Waals surface area contributed by atoms with Gasteiger partial charge in [0.25, 0.3) is 0 Å². The molecule has 1 aliphatic heterocycles. The van der Waals surface area contributed by atoms with Crippen molar-refractivity contribution in [3.05, 3.63) is 195 Å². The van der Waals surface area contributed by atoms with E-state index in [-0.39, 0.29) is 27.1 Å². The third-order valence-electron chi connectivity index (χ3n) is 16.8. The quantitative estimate of drug-likeness (QED) is 0.160. The standard InChI is InChI=1S/C61H53N/c1-57(2)43-24-16-13-19-34(43)39-27-47-42(28-46(39)57)56-38-23-12-11-22-37(38)53(33-52(56)60(47,7)8)62-54-29-40-35-20-14-17-25-44(35)58(3,4)48(40)31-50(54)61(9,10)51-32-49-41(30-55(51)62)36-21-15-18-26-45(36)59(49,5)6/h11-33H,1-10H3. The number of hydrogen-bond donors (Lipinski definition) is 0. The van der Waals surface area contributed by atoms with Crippen LogP contribution in [0.1, 0.15) is 125 Å². The summed E-state index contributed by atoms with van der Waals surface area (Å²) in [6.07, 6.45) is 0. The van der Waals surface area contributed by atoms with Crippen LogP contribution < -0.4 is 4.90 Å². The Bertz CT molecular complexity index is 3260. The first-order valence-corrected chi connectivity index (χ1v) is 22.8. The Morgan fingerprint density at radius 1 is 0.258 bits per heavy atom. The molecule has 62 heavy (non-hydrogen) atoms. The molecule has 0 fully saturated rings. The number of nitrogens with zero attached hydrogens (tertiary/aromatic N) is 1. The second kappa shape index (κ2) is 11.2. The van der Waals surface area contributed by atoms with Gasteiger partial charge in [-0.25, -0.2) is 0 Å². The smallest absolute Gasteiger partial charge is 0.0543 e. The van der Waals surface area contributed by atoms with Gasteiger partial charge in [-0.2, -0.15) is 0 Å². The van der Waals surface area contributed by atoms with Gasteiger partial charge < -0.3 is 4.90 Å². The minimum atomic E-state index is -0.257. The van der Waals surface area contributed by atoms with Crippen molar-refractivity contribution in [3.63, 3.8) is 0 Å². The highest BCUT2D eigenvalue weighted by Crippen LogP contribution is 2.63. The summed E-state index contributed by atoms with van der Waals surface area (Å²) >= 11 is 0. The molecule has 0 unspecified atom stereocenters. The molecule has 0 aromatic heterocycles. The molecule has 0 bridgehead atoms. The van der Waals surface area contributed by atoms with Gasteiger partial charge in [0.2, 0.25) is 0 Å². The van der Waals surface area contributed by atoms with Crippen LogP contribution >= 0.6 is 0 Å². The molecule has 1 heterocycles. The van der Waals surface area contributed by atoms with E-state index in [1.165, 1.54) is 128 Å². The predicted octanol–water partition coefficient (Wildman–Crippen LogP) is 16.2. The van der Waals surface area contributed by atoms with Gasteiger partial charge in [-0.05, 0) is 136 Å².